The number of piperidine rings is 1. The van der Waals surface area contributed by atoms with Crippen LogP contribution in [0.4, 0.5) is 11.4 Å². The van der Waals surface area contributed by atoms with E-state index in [4.69, 9.17) is 0 Å². The van der Waals surface area contributed by atoms with Gasteiger partial charge in [0.2, 0.25) is 5.91 Å². The Bertz CT molecular complexity index is 697. The molecule has 2 unspecified atom stereocenters. The van der Waals surface area contributed by atoms with Crippen molar-refractivity contribution in [2.24, 2.45) is 0 Å². The fourth-order valence-corrected chi connectivity index (χ4v) is 3.24. The lowest BCUT2D eigenvalue weighted by atomic mass is 9.90. The van der Waals surface area contributed by atoms with E-state index in [1.54, 1.807) is 0 Å². The number of benzene rings is 2. The molecule has 4 nitrogen and oxygen atoms in total. The minimum atomic E-state index is -0.461. The summed E-state index contributed by atoms with van der Waals surface area (Å²) in [6.07, 6.45) is 3.12. The lowest BCUT2D eigenvalue weighted by Crippen LogP contribution is -2.54. The van der Waals surface area contributed by atoms with Crippen molar-refractivity contribution in [2.75, 3.05) is 17.2 Å². The molecule has 0 saturated carbocycles. The number of anilines is 2. The molecule has 1 saturated heterocycles. The van der Waals surface area contributed by atoms with Crippen LogP contribution in [0.2, 0.25) is 0 Å². The number of rotatable bonds is 5. The molecule has 2 atom stereocenters. The molecule has 2 aromatic carbocycles. The predicted molar refractivity (Wildman–Crippen MR) is 111 cm³/mol. The van der Waals surface area contributed by atoms with Crippen LogP contribution in [0.15, 0.2) is 54.6 Å². The highest BCUT2D eigenvalue weighted by molar-refractivity contribution is 5.98. The molecule has 3 rings (SSSR count). The van der Waals surface area contributed by atoms with E-state index in [0.717, 1.165) is 37.2 Å². The first-order valence-electron chi connectivity index (χ1n) is 9.05. The molecule has 26 heavy (non-hydrogen) atoms. The monoisotopic (exact) mass is 373 g/mol. The first kappa shape index (κ1) is 20.3. The zero-order valence-electron chi connectivity index (χ0n) is 15.4. The Hall–Kier alpha value is -2.04. The van der Waals surface area contributed by atoms with Crippen molar-refractivity contribution < 1.29 is 4.79 Å². The summed E-state index contributed by atoms with van der Waals surface area (Å²) in [5.41, 5.74) is 2.65. The van der Waals surface area contributed by atoms with Crippen LogP contribution in [0.1, 0.15) is 44.7 Å². The molecule has 2 aromatic rings. The third-order valence-corrected chi connectivity index (χ3v) is 4.95. The zero-order valence-corrected chi connectivity index (χ0v) is 16.2. The van der Waals surface area contributed by atoms with Crippen molar-refractivity contribution in [3.8, 4) is 0 Å². The quantitative estimate of drug-likeness (QED) is 0.708. The van der Waals surface area contributed by atoms with Crippen molar-refractivity contribution >= 4 is 29.7 Å². The second kappa shape index (κ2) is 9.06. The Balaban J connectivity index is 0.00000243. The van der Waals surface area contributed by atoms with Crippen LogP contribution in [-0.2, 0) is 4.79 Å². The molecule has 3 N–H and O–H groups in total. The maximum Gasteiger partial charge on any atom is 0.244 e. The van der Waals surface area contributed by atoms with Crippen molar-refractivity contribution in [1.82, 2.24) is 5.32 Å². The Morgan fingerprint density at radius 3 is 2.31 bits per heavy atom. The highest BCUT2D eigenvalue weighted by Gasteiger charge is 2.34. The molecule has 0 aliphatic carbocycles. The fourth-order valence-electron chi connectivity index (χ4n) is 3.24. The molecule has 140 valence electrons. The Labute approximate surface area is 162 Å². The van der Waals surface area contributed by atoms with Crippen LogP contribution >= 0.6 is 12.4 Å². The molecule has 5 heteroatoms. The number of hydrogen-bond acceptors (Lipinski definition) is 3. The topological polar surface area (TPSA) is 53.2 Å². The number of halogens is 1. The number of carbonyl (C=O) groups is 1. The van der Waals surface area contributed by atoms with Gasteiger partial charge >= 0.3 is 0 Å². The summed E-state index contributed by atoms with van der Waals surface area (Å²) in [6, 6.07) is 18.5. The summed E-state index contributed by atoms with van der Waals surface area (Å²) in [5.74, 6) is 0.0468. The summed E-state index contributed by atoms with van der Waals surface area (Å²) in [5, 5.41) is 9.87. The van der Waals surface area contributed by atoms with E-state index in [9.17, 15) is 4.79 Å². The second-order valence-electron chi connectivity index (χ2n) is 7.02. The van der Waals surface area contributed by atoms with E-state index in [1.807, 2.05) is 49.4 Å². The van der Waals surface area contributed by atoms with E-state index < -0.39 is 5.54 Å². The van der Waals surface area contributed by atoms with Gasteiger partial charge in [-0.2, -0.15) is 0 Å². The van der Waals surface area contributed by atoms with Crippen molar-refractivity contribution in [3.63, 3.8) is 0 Å². The summed E-state index contributed by atoms with van der Waals surface area (Å²) in [4.78, 5) is 12.5. The van der Waals surface area contributed by atoms with Gasteiger partial charge in [0.1, 0.15) is 0 Å². The summed E-state index contributed by atoms with van der Waals surface area (Å²) in [6.45, 7) is 5.03. The van der Waals surface area contributed by atoms with Crippen molar-refractivity contribution in [2.45, 2.75) is 44.7 Å². The Morgan fingerprint density at radius 1 is 1.04 bits per heavy atom. The first-order valence-corrected chi connectivity index (χ1v) is 9.05. The summed E-state index contributed by atoms with van der Waals surface area (Å²) in [7, 11) is 0. The molecule has 1 fully saturated rings. The van der Waals surface area contributed by atoms with E-state index in [0.29, 0.717) is 0 Å². The standard InChI is InChI=1S/C21H27N3O.ClH/c1-16(17-8-4-3-5-9-17)23-18-10-12-19(13-11-18)24-20(25)21(2)14-6-7-15-22-21;/h3-5,8-13,16,22-23H,6-7,14-15H2,1-2H3,(H,24,25);1H. The van der Waals surface area contributed by atoms with Gasteiger partial charge in [-0.1, -0.05) is 30.3 Å². The van der Waals surface area contributed by atoms with Crippen LogP contribution in [0.3, 0.4) is 0 Å². The van der Waals surface area contributed by atoms with Gasteiger partial charge in [0.15, 0.2) is 0 Å². The van der Waals surface area contributed by atoms with Crippen LogP contribution < -0.4 is 16.0 Å². The van der Waals surface area contributed by atoms with Gasteiger partial charge in [-0.25, -0.2) is 0 Å². The van der Waals surface area contributed by atoms with Crippen LogP contribution in [0, 0.1) is 0 Å². The minimum Gasteiger partial charge on any atom is -0.379 e. The third kappa shape index (κ3) is 4.99. The lowest BCUT2D eigenvalue weighted by molar-refractivity contribution is -0.122. The molecule has 0 spiro atoms. The Morgan fingerprint density at radius 2 is 1.69 bits per heavy atom. The average Bonchev–Trinajstić information content (AvgIpc) is 2.64. The maximum atomic E-state index is 12.5. The van der Waals surface area contributed by atoms with Gasteiger partial charge in [-0.15, -0.1) is 12.4 Å². The van der Waals surface area contributed by atoms with E-state index >= 15 is 0 Å². The van der Waals surface area contributed by atoms with Crippen LogP contribution in [0.5, 0.6) is 0 Å². The maximum absolute atomic E-state index is 12.5. The van der Waals surface area contributed by atoms with Crippen molar-refractivity contribution in [1.29, 1.82) is 0 Å². The van der Waals surface area contributed by atoms with Crippen LogP contribution in [-0.4, -0.2) is 18.0 Å². The van der Waals surface area contributed by atoms with Gasteiger partial charge < -0.3 is 16.0 Å². The highest BCUT2D eigenvalue weighted by Crippen LogP contribution is 2.23. The van der Waals surface area contributed by atoms with Gasteiger partial charge in [-0.3, -0.25) is 4.79 Å². The molecule has 1 aliphatic rings. The molecule has 0 bridgehead atoms. The third-order valence-electron chi connectivity index (χ3n) is 4.95. The predicted octanol–water partition coefficient (Wildman–Crippen LogP) is 4.75. The summed E-state index contributed by atoms with van der Waals surface area (Å²) >= 11 is 0. The zero-order chi connectivity index (χ0) is 17.7. The molecule has 1 amide bonds. The number of hydrogen-bond donors (Lipinski definition) is 3. The highest BCUT2D eigenvalue weighted by atomic mass is 35.5. The lowest BCUT2D eigenvalue weighted by Gasteiger charge is -2.33. The minimum absolute atomic E-state index is 0. The molecule has 0 aromatic heterocycles. The molecule has 0 radical (unpaired) electrons. The van der Waals surface area contributed by atoms with Gasteiger partial charge in [0, 0.05) is 17.4 Å². The first-order chi connectivity index (χ1) is 12.1. The SMILES string of the molecule is CC(Nc1ccc(NC(=O)C2(C)CCCCN2)cc1)c1ccccc1.Cl. The average molecular weight is 374 g/mol. The molecular weight excluding hydrogens is 346 g/mol. The van der Waals surface area contributed by atoms with E-state index in [1.165, 1.54) is 5.56 Å². The normalized spacial score (nSPS) is 20.5. The molecular formula is C21H28ClN3O. The van der Waals surface area contributed by atoms with Gasteiger partial charge in [-0.05, 0) is 69.5 Å². The number of amides is 1. The fraction of sp³-hybridized carbons (Fsp3) is 0.381. The van der Waals surface area contributed by atoms with Gasteiger partial charge in [0.05, 0.1) is 5.54 Å². The molecule has 1 heterocycles. The smallest absolute Gasteiger partial charge is 0.244 e. The largest absolute Gasteiger partial charge is 0.379 e. The number of nitrogens with one attached hydrogen (secondary N) is 3. The second-order valence-corrected chi connectivity index (χ2v) is 7.02. The van der Waals surface area contributed by atoms with Crippen molar-refractivity contribution in [3.05, 3.63) is 60.2 Å². The molecule has 1 aliphatic heterocycles. The Kier molecular flexibility index (Phi) is 7.06. The number of carbonyl (C=O) groups excluding carboxylic acids is 1. The van der Waals surface area contributed by atoms with E-state index in [-0.39, 0.29) is 24.4 Å². The summed E-state index contributed by atoms with van der Waals surface area (Å²) < 4.78 is 0. The van der Waals surface area contributed by atoms with Crippen LogP contribution in [0.25, 0.3) is 0 Å². The van der Waals surface area contributed by atoms with E-state index in [2.05, 4.69) is 35.0 Å². The van der Waals surface area contributed by atoms with Gasteiger partial charge in [0.25, 0.3) is 0 Å².